The quantitative estimate of drug-likeness (QED) is 0.334. The number of aromatic hydroxyl groups is 2. The molecule has 6 rings (SSSR count). The zero-order chi connectivity index (χ0) is 22.7. The lowest BCUT2D eigenvalue weighted by Gasteiger charge is -2.32. The first-order valence-electron chi connectivity index (χ1n) is 10.5. The fourth-order valence-electron chi connectivity index (χ4n) is 4.97. The third-order valence-electron chi connectivity index (χ3n) is 6.40. The summed E-state index contributed by atoms with van der Waals surface area (Å²) in [6.07, 6.45) is 0. The van der Waals surface area contributed by atoms with Crippen molar-refractivity contribution in [2.75, 3.05) is 0 Å². The van der Waals surface area contributed by atoms with Crippen molar-refractivity contribution in [2.24, 2.45) is 0 Å². The van der Waals surface area contributed by atoms with Crippen molar-refractivity contribution in [3.63, 3.8) is 0 Å². The number of halogens is 1. The molecule has 0 saturated heterocycles. The summed E-state index contributed by atoms with van der Waals surface area (Å²) in [4.78, 5) is 13.1. The van der Waals surface area contributed by atoms with Gasteiger partial charge in [-0.05, 0) is 35.0 Å². The smallest absolute Gasteiger partial charge is 0.340 e. The molecule has 0 saturated carbocycles. The Hall–Kier alpha value is -4.38. The van der Waals surface area contributed by atoms with Crippen molar-refractivity contribution >= 4 is 27.5 Å². The molecule has 1 aliphatic rings. The molecule has 0 fully saturated rings. The molecule has 4 nitrogen and oxygen atoms in total. The first kappa shape index (κ1) is 19.3. The average molecular weight is 435 g/mol. The number of cyclic esters (lactones) is 1. The van der Waals surface area contributed by atoms with Crippen LogP contribution in [0.25, 0.3) is 21.5 Å². The number of benzene rings is 5. The molecule has 0 amide bonds. The molecule has 5 heteroatoms. The minimum absolute atomic E-state index is 0.0869. The summed E-state index contributed by atoms with van der Waals surface area (Å²) in [5.74, 6) is -1.71. The second-order valence-corrected chi connectivity index (χ2v) is 8.09. The maximum Gasteiger partial charge on any atom is 0.340 e. The monoisotopic (exact) mass is 435 g/mol. The molecule has 1 aliphatic heterocycles. The van der Waals surface area contributed by atoms with Gasteiger partial charge in [0.2, 0.25) is 0 Å². The number of esters is 1. The maximum atomic E-state index is 15.1. The van der Waals surface area contributed by atoms with Crippen molar-refractivity contribution < 1.29 is 24.1 Å². The Morgan fingerprint density at radius 1 is 0.667 bits per heavy atom. The van der Waals surface area contributed by atoms with Crippen LogP contribution >= 0.6 is 0 Å². The highest BCUT2D eigenvalue weighted by Gasteiger charge is 2.50. The lowest BCUT2D eigenvalue weighted by atomic mass is 9.76. The molecule has 1 heterocycles. The van der Waals surface area contributed by atoms with Crippen LogP contribution in [-0.4, -0.2) is 16.2 Å². The Morgan fingerprint density at radius 2 is 1.27 bits per heavy atom. The Morgan fingerprint density at radius 3 is 2.03 bits per heavy atom. The van der Waals surface area contributed by atoms with E-state index in [1.807, 2.05) is 18.2 Å². The highest BCUT2D eigenvalue weighted by Crippen LogP contribution is 2.52. The molecule has 0 bridgehead atoms. The summed E-state index contributed by atoms with van der Waals surface area (Å²) in [6.45, 7) is 0. The molecule has 2 N–H and O–H groups in total. The van der Waals surface area contributed by atoms with E-state index in [0.717, 1.165) is 0 Å². The Bertz CT molecular complexity index is 1610. The summed E-state index contributed by atoms with van der Waals surface area (Å²) in [7, 11) is 0. The summed E-state index contributed by atoms with van der Waals surface area (Å²) < 4.78 is 21.2. The van der Waals surface area contributed by atoms with E-state index in [0.29, 0.717) is 43.8 Å². The van der Waals surface area contributed by atoms with Crippen LogP contribution in [0.2, 0.25) is 0 Å². The fourth-order valence-corrected chi connectivity index (χ4v) is 4.97. The van der Waals surface area contributed by atoms with Crippen LogP contribution in [0.4, 0.5) is 4.39 Å². The molecule has 0 aliphatic carbocycles. The lowest BCUT2D eigenvalue weighted by Crippen LogP contribution is -2.30. The molecule has 0 spiro atoms. The Labute approximate surface area is 188 Å². The van der Waals surface area contributed by atoms with Gasteiger partial charge in [0.1, 0.15) is 5.75 Å². The van der Waals surface area contributed by atoms with Crippen molar-refractivity contribution in [2.45, 2.75) is 5.60 Å². The molecule has 0 radical (unpaired) electrons. The van der Waals surface area contributed by atoms with Gasteiger partial charge < -0.3 is 14.9 Å². The second kappa shape index (κ2) is 6.81. The number of carbonyl (C=O) groups excluding carboxylic acids is 1. The second-order valence-electron chi connectivity index (χ2n) is 8.09. The van der Waals surface area contributed by atoms with E-state index in [2.05, 4.69) is 0 Å². The minimum atomic E-state index is -1.49. The van der Waals surface area contributed by atoms with E-state index in [-0.39, 0.29) is 5.75 Å². The zero-order valence-corrected chi connectivity index (χ0v) is 17.2. The van der Waals surface area contributed by atoms with Gasteiger partial charge in [0.25, 0.3) is 0 Å². The normalized spacial score (nSPS) is 17.3. The maximum absolute atomic E-state index is 15.1. The van der Waals surface area contributed by atoms with Crippen molar-refractivity contribution in [3.05, 3.63) is 119 Å². The van der Waals surface area contributed by atoms with Gasteiger partial charge in [-0.1, -0.05) is 66.7 Å². The van der Waals surface area contributed by atoms with E-state index in [1.54, 1.807) is 66.7 Å². The van der Waals surface area contributed by atoms with Gasteiger partial charge in [-0.2, -0.15) is 0 Å². The third-order valence-corrected chi connectivity index (χ3v) is 6.40. The molecule has 5 aromatic carbocycles. The van der Waals surface area contributed by atoms with Gasteiger partial charge in [-0.3, -0.25) is 0 Å². The summed E-state index contributed by atoms with van der Waals surface area (Å²) in [5, 5.41) is 23.0. The SMILES string of the molecule is O=C1OC(c2ccc(O)c3ccccc23)(c2cc([18F])c(O)c3ccccc23)c2ccccc21. The van der Waals surface area contributed by atoms with E-state index in [1.165, 1.54) is 6.07 Å². The summed E-state index contributed by atoms with van der Waals surface area (Å²) >= 11 is 0. The molecule has 33 heavy (non-hydrogen) atoms. The van der Waals surface area contributed by atoms with Crippen LogP contribution in [0.15, 0.2) is 91.0 Å². The first-order chi connectivity index (χ1) is 16.0. The molecule has 160 valence electrons. The predicted molar refractivity (Wildman–Crippen MR) is 123 cm³/mol. The van der Waals surface area contributed by atoms with Crippen molar-refractivity contribution in [3.8, 4) is 11.5 Å². The van der Waals surface area contributed by atoms with Crippen LogP contribution in [0.5, 0.6) is 11.5 Å². The molecule has 5 aromatic rings. The van der Waals surface area contributed by atoms with Crippen molar-refractivity contribution in [1.82, 2.24) is 0 Å². The first-order valence-corrected chi connectivity index (χ1v) is 10.5. The number of carbonyl (C=O) groups is 1. The van der Waals surface area contributed by atoms with Crippen molar-refractivity contribution in [1.29, 1.82) is 0 Å². The number of fused-ring (bicyclic) bond motifs is 3. The number of ether oxygens (including phenoxy) is 1. The molecular weight excluding hydrogens is 418 g/mol. The fraction of sp³-hybridized carbons (Fsp3) is 0.0357. The van der Waals surface area contributed by atoms with Gasteiger partial charge in [0.15, 0.2) is 17.2 Å². The number of phenols is 2. The van der Waals surface area contributed by atoms with Gasteiger partial charge in [-0.25, -0.2) is 9.18 Å². The molecule has 0 aromatic heterocycles. The van der Waals surface area contributed by atoms with Gasteiger partial charge in [0.05, 0.1) is 5.56 Å². The van der Waals surface area contributed by atoms with Gasteiger partial charge >= 0.3 is 5.97 Å². The minimum Gasteiger partial charge on any atom is -0.507 e. The lowest BCUT2D eigenvalue weighted by molar-refractivity contribution is 0.0259. The number of hydrogen-bond acceptors (Lipinski definition) is 4. The largest absolute Gasteiger partial charge is 0.507 e. The summed E-state index contributed by atoms with van der Waals surface area (Å²) in [6, 6.07) is 25.6. The van der Waals surface area contributed by atoms with E-state index in [4.69, 9.17) is 4.74 Å². The Balaban J connectivity index is 1.84. The zero-order valence-electron chi connectivity index (χ0n) is 17.2. The van der Waals surface area contributed by atoms with E-state index in [9.17, 15) is 15.0 Å². The number of hydrogen-bond donors (Lipinski definition) is 2. The standard InChI is InChI=1S/C28H17FO4/c29-24-15-23(17-8-2-4-10-19(17)26(24)31)28(21-12-6-5-11-20(21)27(32)33-28)22-13-14-25(30)18-9-3-1-7-16(18)22/h1-15,30-31H/i29-1. The van der Waals surface area contributed by atoms with E-state index < -0.39 is 23.1 Å². The molecule has 1 atom stereocenters. The highest BCUT2D eigenvalue weighted by atomic mass is 18.2. The highest BCUT2D eigenvalue weighted by molar-refractivity contribution is 6.02. The van der Waals surface area contributed by atoms with Gasteiger partial charge in [0, 0.05) is 27.5 Å². The number of rotatable bonds is 2. The Kier molecular flexibility index (Phi) is 3.98. The van der Waals surface area contributed by atoms with Crippen LogP contribution in [0, 0.1) is 5.82 Å². The number of phenolic OH excluding ortho intramolecular Hbond substituents is 2. The van der Waals surface area contributed by atoms with Crippen LogP contribution < -0.4 is 0 Å². The molecule has 1 unspecified atom stereocenters. The predicted octanol–water partition coefficient (Wildman–Crippen LogP) is 6.01. The third kappa shape index (κ3) is 2.53. The summed E-state index contributed by atoms with van der Waals surface area (Å²) in [5.41, 5.74) is 0.440. The van der Waals surface area contributed by atoms with Crippen LogP contribution in [0.1, 0.15) is 27.0 Å². The van der Waals surface area contributed by atoms with E-state index >= 15 is 4.39 Å². The van der Waals surface area contributed by atoms with Crippen LogP contribution in [0.3, 0.4) is 0 Å². The average Bonchev–Trinajstić information content (AvgIpc) is 3.15. The molecular formula is C28H17FO4. The van der Waals surface area contributed by atoms with Crippen LogP contribution in [-0.2, 0) is 10.3 Å². The topological polar surface area (TPSA) is 66.8 Å². The van der Waals surface area contributed by atoms with Gasteiger partial charge in [-0.15, -0.1) is 0 Å².